The van der Waals surface area contributed by atoms with Crippen molar-refractivity contribution in [2.45, 2.75) is 32.9 Å². The van der Waals surface area contributed by atoms with Gasteiger partial charge in [-0.15, -0.1) is 0 Å². The summed E-state index contributed by atoms with van der Waals surface area (Å²) in [4.78, 5) is 19.8. The number of aromatic nitrogens is 2. The molecule has 1 atom stereocenters. The summed E-state index contributed by atoms with van der Waals surface area (Å²) in [5, 5.41) is 3.43. The molecular formula is C22H26N4O. The summed E-state index contributed by atoms with van der Waals surface area (Å²) in [6.07, 6.45) is 1.03. The molecule has 140 valence electrons. The monoisotopic (exact) mass is 362 g/mol. The van der Waals surface area contributed by atoms with Gasteiger partial charge in [0.15, 0.2) is 0 Å². The summed E-state index contributed by atoms with van der Waals surface area (Å²) in [6, 6.07) is 16.7. The molecule has 0 bridgehead atoms. The van der Waals surface area contributed by atoms with E-state index in [1.807, 2.05) is 40.7 Å². The second-order valence-corrected chi connectivity index (χ2v) is 7.14. The van der Waals surface area contributed by atoms with Crippen LogP contribution in [0.2, 0.25) is 0 Å². The summed E-state index contributed by atoms with van der Waals surface area (Å²) in [7, 11) is 0. The molecule has 1 N–H and O–H groups in total. The highest BCUT2D eigenvalue weighted by Gasteiger charge is 2.28. The molecule has 3 aromatic rings. The highest BCUT2D eigenvalue weighted by molar-refractivity contribution is 5.81. The van der Waals surface area contributed by atoms with E-state index in [0.717, 1.165) is 42.9 Å². The minimum atomic E-state index is 0.0762. The first kappa shape index (κ1) is 17.7. The Bertz CT molecular complexity index is 945. The number of carbonyl (C=O) groups excluding carboxylic acids is 1. The van der Waals surface area contributed by atoms with Gasteiger partial charge < -0.3 is 14.8 Å². The van der Waals surface area contributed by atoms with E-state index >= 15 is 0 Å². The third kappa shape index (κ3) is 3.47. The summed E-state index contributed by atoms with van der Waals surface area (Å²) in [5.74, 6) is 1.02. The predicted molar refractivity (Wildman–Crippen MR) is 108 cm³/mol. The third-order valence-electron chi connectivity index (χ3n) is 5.48. The SMILES string of the molecule is CCc1ccc(C2CNCCN2C(=O)Cn2c(C)nc3ccccc32)cc1. The van der Waals surface area contributed by atoms with E-state index in [-0.39, 0.29) is 11.9 Å². The lowest BCUT2D eigenvalue weighted by molar-refractivity contribution is -0.135. The number of rotatable bonds is 4. The summed E-state index contributed by atoms with van der Waals surface area (Å²) >= 11 is 0. The molecule has 0 spiro atoms. The first-order valence-corrected chi connectivity index (χ1v) is 9.68. The van der Waals surface area contributed by atoms with Gasteiger partial charge in [0.05, 0.1) is 17.1 Å². The lowest BCUT2D eigenvalue weighted by Gasteiger charge is -2.37. The number of nitrogens with one attached hydrogen (secondary N) is 1. The number of piperazine rings is 1. The average molecular weight is 362 g/mol. The number of amides is 1. The number of hydrogen-bond donors (Lipinski definition) is 1. The number of fused-ring (bicyclic) bond motifs is 1. The van der Waals surface area contributed by atoms with Crippen LogP contribution in [-0.2, 0) is 17.8 Å². The van der Waals surface area contributed by atoms with Crippen LogP contribution in [0.3, 0.4) is 0 Å². The minimum absolute atomic E-state index is 0.0762. The number of para-hydroxylation sites is 2. The largest absolute Gasteiger partial charge is 0.332 e. The molecule has 5 heteroatoms. The van der Waals surface area contributed by atoms with E-state index in [9.17, 15) is 4.79 Å². The Morgan fingerprint density at radius 1 is 1.19 bits per heavy atom. The Labute approximate surface area is 160 Å². The van der Waals surface area contributed by atoms with Gasteiger partial charge in [-0.1, -0.05) is 43.3 Å². The number of carbonyl (C=O) groups is 1. The number of aryl methyl sites for hydroxylation is 2. The Morgan fingerprint density at radius 2 is 1.96 bits per heavy atom. The van der Waals surface area contributed by atoms with Crippen molar-refractivity contribution in [3.63, 3.8) is 0 Å². The van der Waals surface area contributed by atoms with Crippen LogP contribution in [-0.4, -0.2) is 40.0 Å². The van der Waals surface area contributed by atoms with Crippen LogP contribution in [0.4, 0.5) is 0 Å². The molecule has 1 aliphatic rings. The van der Waals surface area contributed by atoms with Crippen molar-refractivity contribution in [1.82, 2.24) is 19.8 Å². The highest BCUT2D eigenvalue weighted by atomic mass is 16.2. The van der Waals surface area contributed by atoms with Crippen molar-refractivity contribution in [3.8, 4) is 0 Å². The first-order valence-electron chi connectivity index (χ1n) is 9.68. The molecule has 0 aliphatic carbocycles. The van der Waals surface area contributed by atoms with Gasteiger partial charge in [0.2, 0.25) is 5.91 Å². The van der Waals surface area contributed by atoms with Crippen molar-refractivity contribution in [1.29, 1.82) is 0 Å². The lowest BCUT2D eigenvalue weighted by atomic mass is 10.0. The van der Waals surface area contributed by atoms with E-state index in [0.29, 0.717) is 6.54 Å². The Hall–Kier alpha value is -2.66. The number of hydrogen-bond acceptors (Lipinski definition) is 3. The van der Waals surface area contributed by atoms with Gasteiger partial charge in [0.25, 0.3) is 0 Å². The van der Waals surface area contributed by atoms with Crippen LogP contribution >= 0.6 is 0 Å². The second-order valence-electron chi connectivity index (χ2n) is 7.14. The van der Waals surface area contributed by atoms with Crippen molar-refractivity contribution < 1.29 is 4.79 Å². The number of benzene rings is 2. The maximum Gasteiger partial charge on any atom is 0.243 e. The van der Waals surface area contributed by atoms with Crippen molar-refractivity contribution >= 4 is 16.9 Å². The van der Waals surface area contributed by atoms with Gasteiger partial charge in [-0.2, -0.15) is 0 Å². The zero-order valence-corrected chi connectivity index (χ0v) is 16.0. The van der Waals surface area contributed by atoms with Crippen LogP contribution in [0.1, 0.15) is 29.9 Å². The zero-order valence-electron chi connectivity index (χ0n) is 16.0. The molecular weight excluding hydrogens is 336 g/mol. The molecule has 2 heterocycles. The van der Waals surface area contributed by atoms with Gasteiger partial charge in [0.1, 0.15) is 12.4 Å². The summed E-state index contributed by atoms with van der Waals surface area (Å²) in [6.45, 7) is 6.80. The van der Waals surface area contributed by atoms with Crippen molar-refractivity contribution in [2.24, 2.45) is 0 Å². The van der Waals surface area contributed by atoms with E-state index in [4.69, 9.17) is 0 Å². The van der Waals surface area contributed by atoms with Crippen LogP contribution in [0.5, 0.6) is 0 Å². The summed E-state index contributed by atoms with van der Waals surface area (Å²) in [5.41, 5.74) is 4.47. The van der Waals surface area contributed by atoms with Crippen molar-refractivity contribution in [2.75, 3.05) is 19.6 Å². The molecule has 1 aliphatic heterocycles. The molecule has 4 rings (SSSR count). The molecule has 1 unspecified atom stereocenters. The molecule has 5 nitrogen and oxygen atoms in total. The topological polar surface area (TPSA) is 50.2 Å². The predicted octanol–water partition coefficient (Wildman–Crippen LogP) is 3.08. The molecule has 2 aromatic carbocycles. The van der Waals surface area contributed by atoms with Gasteiger partial charge in [-0.05, 0) is 36.6 Å². The molecule has 1 aromatic heterocycles. The van der Waals surface area contributed by atoms with Gasteiger partial charge in [-0.25, -0.2) is 4.98 Å². The second kappa shape index (κ2) is 7.53. The quantitative estimate of drug-likeness (QED) is 0.776. The van der Waals surface area contributed by atoms with E-state index in [1.54, 1.807) is 0 Å². The van der Waals surface area contributed by atoms with E-state index in [1.165, 1.54) is 11.1 Å². The van der Waals surface area contributed by atoms with Gasteiger partial charge in [-0.3, -0.25) is 4.79 Å². The Morgan fingerprint density at radius 3 is 2.74 bits per heavy atom. The fourth-order valence-electron chi connectivity index (χ4n) is 3.90. The number of imidazole rings is 1. The molecule has 1 saturated heterocycles. The Balaban J connectivity index is 1.59. The van der Waals surface area contributed by atoms with Crippen LogP contribution in [0.15, 0.2) is 48.5 Å². The zero-order chi connectivity index (χ0) is 18.8. The maximum absolute atomic E-state index is 13.2. The van der Waals surface area contributed by atoms with Gasteiger partial charge in [0, 0.05) is 19.6 Å². The molecule has 27 heavy (non-hydrogen) atoms. The van der Waals surface area contributed by atoms with E-state index in [2.05, 4.69) is 41.5 Å². The highest BCUT2D eigenvalue weighted by Crippen LogP contribution is 2.24. The molecule has 0 radical (unpaired) electrons. The summed E-state index contributed by atoms with van der Waals surface area (Å²) < 4.78 is 2.02. The van der Waals surface area contributed by atoms with Crippen LogP contribution < -0.4 is 5.32 Å². The van der Waals surface area contributed by atoms with E-state index < -0.39 is 0 Å². The van der Waals surface area contributed by atoms with Crippen LogP contribution in [0.25, 0.3) is 11.0 Å². The maximum atomic E-state index is 13.2. The Kier molecular flexibility index (Phi) is 4.94. The smallest absolute Gasteiger partial charge is 0.243 e. The third-order valence-corrected chi connectivity index (χ3v) is 5.48. The number of nitrogens with zero attached hydrogens (tertiary/aromatic N) is 3. The minimum Gasteiger partial charge on any atom is -0.332 e. The normalized spacial score (nSPS) is 17.4. The lowest BCUT2D eigenvalue weighted by Crippen LogP contribution is -2.49. The van der Waals surface area contributed by atoms with Gasteiger partial charge >= 0.3 is 0 Å². The first-order chi connectivity index (χ1) is 13.2. The molecule has 1 amide bonds. The van der Waals surface area contributed by atoms with Crippen molar-refractivity contribution in [3.05, 3.63) is 65.5 Å². The molecule has 1 fully saturated rings. The fraction of sp³-hybridized carbons (Fsp3) is 0.364. The van der Waals surface area contributed by atoms with Crippen LogP contribution in [0, 0.1) is 6.92 Å². The standard InChI is InChI=1S/C22H26N4O/c1-3-17-8-10-18(11-9-17)21-14-23-12-13-25(21)22(27)15-26-16(2)24-19-6-4-5-7-20(19)26/h4-11,21,23H,3,12-15H2,1-2H3. The molecule has 0 saturated carbocycles. The average Bonchev–Trinajstić information content (AvgIpc) is 3.03. The fourth-order valence-corrected chi connectivity index (χ4v) is 3.90.